The lowest BCUT2D eigenvalue weighted by molar-refractivity contribution is -0.155. The highest BCUT2D eigenvalue weighted by molar-refractivity contribution is 5.86. The molecule has 1 atom stereocenters. The van der Waals surface area contributed by atoms with Crippen molar-refractivity contribution in [1.29, 1.82) is 0 Å². The second-order valence-corrected chi connectivity index (χ2v) is 7.34. The number of carbonyl (C=O) groups is 3. The second kappa shape index (κ2) is 9.19. The Bertz CT molecular complexity index is 727. The third-order valence-corrected chi connectivity index (χ3v) is 5.61. The molecule has 1 unspecified atom stereocenters. The summed E-state index contributed by atoms with van der Waals surface area (Å²) >= 11 is 0. The van der Waals surface area contributed by atoms with Gasteiger partial charge >= 0.3 is 11.9 Å². The molecule has 1 aromatic rings. The van der Waals surface area contributed by atoms with Crippen LogP contribution in [0.15, 0.2) is 24.3 Å². The Hall–Kier alpha value is -2.41. The normalized spacial score (nSPS) is 20.4. The van der Waals surface area contributed by atoms with E-state index in [4.69, 9.17) is 9.47 Å². The lowest BCUT2D eigenvalue weighted by Crippen LogP contribution is -2.52. The average molecular weight is 388 g/mol. The molecule has 0 spiro atoms. The molecule has 0 aromatic heterocycles. The molecule has 2 heterocycles. The molecule has 152 valence electrons. The molecule has 0 bridgehead atoms. The van der Waals surface area contributed by atoms with Gasteiger partial charge in [0.15, 0.2) is 0 Å². The van der Waals surface area contributed by atoms with Gasteiger partial charge in [0.05, 0.1) is 26.2 Å². The zero-order chi connectivity index (χ0) is 20.1. The van der Waals surface area contributed by atoms with Gasteiger partial charge < -0.3 is 14.4 Å². The molecular weight excluding hydrogens is 360 g/mol. The number of carbonyl (C=O) groups excluding carboxylic acids is 3. The van der Waals surface area contributed by atoms with Crippen LogP contribution in [-0.2, 0) is 36.8 Å². The number of amides is 1. The molecule has 1 fully saturated rings. The van der Waals surface area contributed by atoms with Crippen LogP contribution in [0.25, 0.3) is 0 Å². The monoisotopic (exact) mass is 388 g/mol. The van der Waals surface area contributed by atoms with E-state index < -0.39 is 6.04 Å². The fraction of sp³-hybridized carbons (Fsp3) is 0.571. The van der Waals surface area contributed by atoms with Crippen LogP contribution in [0.5, 0.6) is 0 Å². The molecule has 2 aliphatic rings. The number of piperidine rings is 1. The van der Waals surface area contributed by atoms with Crippen molar-refractivity contribution in [3.8, 4) is 0 Å². The molecule has 28 heavy (non-hydrogen) atoms. The van der Waals surface area contributed by atoms with E-state index in [1.54, 1.807) is 11.8 Å². The van der Waals surface area contributed by atoms with E-state index in [1.807, 2.05) is 29.2 Å². The first kappa shape index (κ1) is 20.3. The zero-order valence-corrected chi connectivity index (χ0v) is 16.6. The standard InChI is InChI=1S/C21H28N2O5/c1-3-28-20(25)15-8-10-22(11-9-15)14-19(24)23-13-17-7-5-4-6-16(17)12-18(23)21(26)27-2/h4-7,15,18H,3,8-14H2,1-2H3. The SMILES string of the molecule is CCOC(=O)C1CCN(CC(=O)N2Cc3ccccc3CC2C(=O)OC)CC1. The molecule has 2 aliphatic heterocycles. The van der Waals surface area contributed by atoms with Crippen LogP contribution in [-0.4, -0.2) is 67.0 Å². The third-order valence-electron chi connectivity index (χ3n) is 5.61. The van der Waals surface area contributed by atoms with Gasteiger partial charge in [-0.15, -0.1) is 0 Å². The van der Waals surface area contributed by atoms with Gasteiger partial charge in [0.2, 0.25) is 5.91 Å². The number of fused-ring (bicyclic) bond motifs is 1. The van der Waals surface area contributed by atoms with Crippen molar-refractivity contribution in [2.75, 3.05) is 33.4 Å². The molecule has 0 saturated carbocycles. The summed E-state index contributed by atoms with van der Waals surface area (Å²) < 4.78 is 10.0. The summed E-state index contributed by atoms with van der Waals surface area (Å²) in [5.41, 5.74) is 2.15. The Kier molecular flexibility index (Phi) is 6.67. The van der Waals surface area contributed by atoms with Crippen molar-refractivity contribution >= 4 is 17.8 Å². The summed E-state index contributed by atoms with van der Waals surface area (Å²) in [5, 5.41) is 0. The zero-order valence-electron chi connectivity index (χ0n) is 16.6. The Labute approximate surface area is 165 Å². The number of rotatable bonds is 5. The highest BCUT2D eigenvalue weighted by atomic mass is 16.5. The summed E-state index contributed by atoms with van der Waals surface area (Å²) in [6, 6.07) is 7.28. The Morgan fingerprint density at radius 3 is 2.39 bits per heavy atom. The molecule has 7 heteroatoms. The van der Waals surface area contributed by atoms with E-state index in [-0.39, 0.29) is 30.3 Å². The summed E-state index contributed by atoms with van der Waals surface area (Å²) in [5.74, 6) is -0.703. The van der Waals surface area contributed by atoms with Gasteiger partial charge in [-0.25, -0.2) is 4.79 Å². The number of esters is 2. The van der Waals surface area contributed by atoms with Crippen LogP contribution in [0.3, 0.4) is 0 Å². The maximum atomic E-state index is 13.0. The van der Waals surface area contributed by atoms with E-state index in [0.717, 1.165) is 11.1 Å². The van der Waals surface area contributed by atoms with Gasteiger partial charge in [0, 0.05) is 13.0 Å². The minimum atomic E-state index is -0.593. The number of hydrogen-bond donors (Lipinski definition) is 0. The van der Waals surface area contributed by atoms with Crippen molar-refractivity contribution in [2.24, 2.45) is 5.92 Å². The lowest BCUT2D eigenvalue weighted by atomic mass is 9.93. The predicted molar refractivity (Wildman–Crippen MR) is 102 cm³/mol. The van der Waals surface area contributed by atoms with Crippen LogP contribution in [0.4, 0.5) is 0 Å². The highest BCUT2D eigenvalue weighted by Gasteiger charge is 2.36. The predicted octanol–water partition coefficient (Wildman–Crippen LogP) is 1.39. The van der Waals surface area contributed by atoms with Crippen molar-refractivity contribution in [3.05, 3.63) is 35.4 Å². The van der Waals surface area contributed by atoms with Crippen molar-refractivity contribution in [3.63, 3.8) is 0 Å². The summed E-state index contributed by atoms with van der Waals surface area (Å²) in [6.45, 7) is 4.19. The Morgan fingerprint density at radius 1 is 1.07 bits per heavy atom. The molecule has 1 amide bonds. The van der Waals surface area contributed by atoms with Crippen molar-refractivity contribution in [2.45, 2.75) is 38.8 Å². The summed E-state index contributed by atoms with van der Waals surface area (Å²) in [6.07, 6.45) is 1.85. The maximum Gasteiger partial charge on any atom is 0.328 e. The van der Waals surface area contributed by atoms with E-state index in [9.17, 15) is 14.4 Å². The first-order chi connectivity index (χ1) is 13.5. The van der Waals surface area contributed by atoms with Crippen molar-refractivity contribution < 1.29 is 23.9 Å². The number of methoxy groups -OCH3 is 1. The van der Waals surface area contributed by atoms with Crippen molar-refractivity contribution in [1.82, 2.24) is 9.80 Å². The minimum absolute atomic E-state index is 0.0838. The third kappa shape index (κ3) is 4.52. The van der Waals surface area contributed by atoms with Crippen LogP contribution >= 0.6 is 0 Å². The topological polar surface area (TPSA) is 76.2 Å². The fourth-order valence-electron chi connectivity index (χ4n) is 4.00. The molecule has 3 rings (SSSR count). The molecule has 0 aliphatic carbocycles. The van der Waals surface area contributed by atoms with Crippen LogP contribution in [0, 0.1) is 5.92 Å². The largest absolute Gasteiger partial charge is 0.467 e. The molecule has 0 N–H and O–H groups in total. The number of nitrogens with zero attached hydrogens (tertiary/aromatic N) is 2. The second-order valence-electron chi connectivity index (χ2n) is 7.34. The first-order valence-corrected chi connectivity index (χ1v) is 9.86. The number of hydrogen-bond acceptors (Lipinski definition) is 6. The lowest BCUT2D eigenvalue weighted by Gasteiger charge is -2.37. The minimum Gasteiger partial charge on any atom is -0.467 e. The van der Waals surface area contributed by atoms with Crippen LogP contribution in [0.1, 0.15) is 30.9 Å². The summed E-state index contributed by atoms with van der Waals surface area (Å²) in [7, 11) is 1.35. The number of likely N-dealkylation sites (tertiary alicyclic amines) is 1. The molecular formula is C21H28N2O5. The summed E-state index contributed by atoms with van der Waals surface area (Å²) in [4.78, 5) is 40.8. The van der Waals surface area contributed by atoms with Gasteiger partial charge in [-0.3, -0.25) is 14.5 Å². The quantitative estimate of drug-likeness (QED) is 0.710. The van der Waals surface area contributed by atoms with Gasteiger partial charge in [0.25, 0.3) is 0 Å². The van der Waals surface area contributed by atoms with Gasteiger partial charge in [-0.05, 0) is 44.0 Å². The molecule has 1 saturated heterocycles. The molecule has 7 nitrogen and oxygen atoms in total. The smallest absolute Gasteiger partial charge is 0.328 e. The van der Waals surface area contributed by atoms with Gasteiger partial charge in [0.1, 0.15) is 6.04 Å². The average Bonchev–Trinajstić information content (AvgIpc) is 2.72. The van der Waals surface area contributed by atoms with E-state index >= 15 is 0 Å². The highest BCUT2D eigenvalue weighted by Crippen LogP contribution is 2.25. The number of benzene rings is 1. The number of ether oxygens (including phenoxy) is 2. The molecule has 0 radical (unpaired) electrons. The molecule has 1 aromatic carbocycles. The van der Waals surface area contributed by atoms with E-state index in [1.165, 1.54) is 7.11 Å². The maximum absolute atomic E-state index is 13.0. The van der Waals surface area contributed by atoms with Crippen LogP contribution < -0.4 is 0 Å². The first-order valence-electron chi connectivity index (χ1n) is 9.86. The van der Waals surface area contributed by atoms with E-state index in [2.05, 4.69) is 0 Å². The van der Waals surface area contributed by atoms with Crippen LogP contribution in [0.2, 0.25) is 0 Å². The van der Waals surface area contributed by atoms with E-state index in [0.29, 0.717) is 45.5 Å². The Morgan fingerprint density at radius 2 is 1.75 bits per heavy atom. The van der Waals surface area contributed by atoms with Gasteiger partial charge in [-0.2, -0.15) is 0 Å². The Balaban J connectivity index is 1.63. The fourth-order valence-corrected chi connectivity index (χ4v) is 4.00. The van der Waals surface area contributed by atoms with Gasteiger partial charge in [-0.1, -0.05) is 24.3 Å².